The molecule has 6 heteroatoms. The fourth-order valence-corrected chi connectivity index (χ4v) is 3.87. The van der Waals surface area contributed by atoms with Crippen molar-refractivity contribution in [1.29, 1.82) is 0 Å². The molecule has 1 N–H and O–H groups in total. The number of amides is 1. The minimum atomic E-state index is -0.170. The van der Waals surface area contributed by atoms with E-state index in [0.29, 0.717) is 0 Å². The smallest absolute Gasteiger partial charge is 0.329 e. The van der Waals surface area contributed by atoms with Crippen LogP contribution in [0.3, 0.4) is 0 Å². The number of aryl methyl sites for hydroxylation is 1. The molecule has 1 aromatic heterocycles. The summed E-state index contributed by atoms with van der Waals surface area (Å²) in [6.07, 6.45) is 3.81. The number of rotatable bonds is 6. The van der Waals surface area contributed by atoms with Crippen molar-refractivity contribution in [3.8, 4) is 11.3 Å². The molecule has 1 saturated carbocycles. The van der Waals surface area contributed by atoms with Gasteiger partial charge in [0.2, 0.25) is 5.91 Å². The minimum absolute atomic E-state index is 0.0121. The fourth-order valence-electron chi connectivity index (χ4n) is 3.60. The topological polar surface area (TPSA) is 56.0 Å². The molecule has 3 aromatic rings. The van der Waals surface area contributed by atoms with Crippen molar-refractivity contribution in [2.75, 3.05) is 0 Å². The molecule has 1 aliphatic carbocycles. The third-order valence-corrected chi connectivity index (χ3v) is 5.80. The Balaban J connectivity index is 1.55. The van der Waals surface area contributed by atoms with Crippen molar-refractivity contribution in [2.45, 2.75) is 45.3 Å². The number of carbonyl (C=O) groups excluding carboxylic acids is 1. The van der Waals surface area contributed by atoms with E-state index in [1.165, 1.54) is 4.57 Å². The van der Waals surface area contributed by atoms with Gasteiger partial charge in [-0.3, -0.25) is 13.9 Å². The number of hydrogen-bond acceptors (Lipinski definition) is 2. The highest BCUT2D eigenvalue weighted by Crippen LogP contribution is 2.37. The molecule has 150 valence electrons. The summed E-state index contributed by atoms with van der Waals surface area (Å²) in [6, 6.07) is 16.1. The Bertz CT molecular complexity index is 1090. The molecule has 0 saturated heterocycles. The molecule has 1 aliphatic rings. The van der Waals surface area contributed by atoms with Gasteiger partial charge in [-0.05, 0) is 49.9 Å². The molecule has 5 nitrogen and oxygen atoms in total. The quantitative estimate of drug-likeness (QED) is 0.592. The zero-order valence-electron chi connectivity index (χ0n) is 16.6. The van der Waals surface area contributed by atoms with Crippen LogP contribution in [-0.2, 0) is 11.3 Å². The monoisotopic (exact) mass is 453 g/mol. The summed E-state index contributed by atoms with van der Waals surface area (Å²) >= 11 is 3.45. The Kier molecular flexibility index (Phi) is 5.46. The lowest BCUT2D eigenvalue weighted by Crippen LogP contribution is -2.34. The fraction of sp³-hybridized carbons (Fsp3) is 0.304. The van der Waals surface area contributed by atoms with Crippen molar-refractivity contribution in [3.05, 3.63) is 80.8 Å². The predicted molar refractivity (Wildman–Crippen MR) is 118 cm³/mol. The van der Waals surface area contributed by atoms with E-state index in [1.807, 2.05) is 60.9 Å². The highest BCUT2D eigenvalue weighted by molar-refractivity contribution is 9.10. The number of nitrogens with zero attached hydrogens (tertiary/aromatic N) is 2. The van der Waals surface area contributed by atoms with Crippen LogP contribution >= 0.6 is 15.9 Å². The van der Waals surface area contributed by atoms with Gasteiger partial charge in [-0.25, -0.2) is 4.79 Å². The van der Waals surface area contributed by atoms with Crippen molar-refractivity contribution in [2.24, 2.45) is 0 Å². The normalized spacial score (nSPS) is 14.6. The number of imidazole rings is 1. The number of carbonyl (C=O) groups is 1. The van der Waals surface area contributed by atoms with Crippen molar-refractivity contribution in [1.82, 2.24) is 14.5 Å². The van der Waals surface area contributed by atoms with Crippen LogP contribution in [0, 0.1) is 6.92 Å². The number of hydrogen-bond donors (Lipinski definition) is 1. The second-order valence-corrected chi connectivity index (χ2v) is 8.65. The molecule has 29 heavy (non-hydrogen) atoms. The number of aromatic nitrogens is 2. The van der Waals surface area contributed by atoms with Gasteiger partial charge in [0.1, 0.15) is 6.54 Å². The van der Waals surface area contributed by atoms with E-state index in [0.717, 1.165) is 39.7 Å². The molecule has 0 aliphatic heterocycles. The zero-order chi connectivity index (χ0) is 20.5. The van der Waals surface area contributed by atoms with Gasteiger partial charge in [-0.1, -0.05) is 57.9 Å². The SMILES string of the molecule is Cc1cccc(C(C)NC(=O)Cn2cc(-c3ccc(Br)cc3)n(C3CC3)c2=O)c1. The maximum Gasteiger partial charge on any atom is 0.329 e. The lowest BCUT2D eigenvalue weighted by Gasteiger charge is -2.15. The van der Waals surface area contributed by atoms with E-state index in [2.05, 4.69) is 27.3 Å². The van der Waals surface area contributed by atoms with E-state index in [4.69, 9.17) is 0 Å². The summed E-state index contributed by atoms with van der Waals surface area (Å²) in [7, 11) is 0. The van der Waals surface area contributed by atoms with Gasteiger partial charge in [0.15, 0.2) is 0 Å². The van der Waals surface area contributed by atoms with Crippen LogP contribution in [0.5, 0.6) is 0 Å². The van der Waals surface area contributed by atoms with Gasteiger partial charge >= 0.3 is 5.69 Å². The van der Waals surface area contributed by atoms with E-state index in [1.54, 1.807) is 6.20 Å². The van der Waals surface area contributed by atoms with E-state index in [9.17, 15) is 9.59 Å². The average Bonchev–Trinajstić information content (AvgIpc) is 3.47. The van der Waals surface area contributed by atoms with Gasteiger partial charge in [0.05, 0.1) is 11.7 Å². The first-order valence-electron chi connectivity index (χ1n) is 9.86. The van der Waals surface area contributed by atoms with Gasteiger partial charge in [0.25, 0.3) is 0 Å². The predicted octanol–water partition coefficient (Wildman–Crippen LogP) is 4.60. The van der Waals surface area contributed by atoms with Crippen LogP contribution in [0.15, 0.2) is 64.0 Å². The van der Waals surface area contributed by atoms with Gasteiger partial charge < -0.3 is 5.32 Å². The lowest BCUT2D eigenvalue weighted by atomic mass is 10.1. The van der Waals surface area contributed by atoms with Gasteiger partial charge in [0, 0.05) is 16.7 Å². The molecule has 2 aromatic carbocycles. The lowest BCUT2D eigenvalue weighted by molar-refractivity contribution is -0.122. The van der Waals surface area contributed by atoms with E-state index >= 15 is 0 Å². The third-order valence-electron chi connectivity index (χ3n) is 5.28. The van der Waals surface area contributed by atoms with Crippen LogP contribution in [-0.4, -0.2) is 15.0 Å². The summed E-state index contributed by atoms with van der Waals surface area (Å²) in [5, 5.41) is 3.01. The Hall–Kier alpha value is -2.60. The highest BCUT2D eigenvalue weighted by atomic mass is 79.9. The van der Waals surface area contributed by atoms with Crippen molar-refractivity contribution in [3.63, 3.8) is 0 Å². The van der Waals surface area contributed by atoms with Gasteiger partial charge in [-0.15, -0.1) is 0 Å². The summed E-state index contributed by atoms with van der Waals surface area (Å²) in [5.74, 6) is -0.170. The molecular weight excluding hydrogens is 430 g/mol. The Labute approximate surface area is 178 Å². The Morgan fingerprint density at radius 3 is 2.59 bits per heavy atom. The average molecular weight is 454 g/mol. The molecule has 1 unspecified atom stereocenters. The van der Waals surface area contributed by atoms with Gasteiger partial charge in [-0.2, -0.15) is 0 Å². The Morgan fingerprint density at radius 1 is 1.21 bits per heavy atom. The highest BCUT2D eigenvalue weighted by Gasteiger charge is 2.29. The maximum atomic E-state index is 13.0. The maximum absolute atomic E-state index is 13.0. The van der Waals surface area contributed by atoms with Crippen molar-refractivity contribution < 1.29 is 4.79 Å². The first kappa shape index (κ1) is 19.7. The standard InChI is InChI=1S/C23H24BrN3O2/c1-15-4-3-5-18(12-15)16(2)25-22(28)14-26-13-21(17-6-8-19(24)9-7-17)27(23(26)29)20-10-11-20/h3-9,12-13,16,20H,10-11,14H2,1-2H3,(H,25,28). The number of nitrogens with one attached hydrogen (secondary N) is 1. The second-order valence-electron chi connectivity index (χ2n) is 7.74. The molecule has 1 atom stereocenters. The van der Waals surface area contributed by atoms with Crippen LogP contribution in [0.1, 0.15) is 43.0 Å². The van der Waals surface area contributed by atoms with Crippen LogP contribution in [0.4, 0.5) is 0 Å². The second kappa shape index (κ2) is 8.03. The van der Waals surface area contributed by atoms with Crippen LogP contribution < -0.4 is 11.0 Å². The third kappa shape index (κ3) is 4.37. The molecule has 1 heterocycles. The molecule has 0 radical (unpaired) electrons. The Morgan fingerprint density at radius 2 is 1.93 bits per heavy atom. The first-order chi connectivity index (χ1) is 13.9. The summed E-state index contributed by atoms with van der Waals surface area (Å²) in [5.41, 5.74) is 3.93. The largest absolute Gasteiger partial charge is 0.348 e. The van der Waals surface area contributed by atoms with Crippen LogP contribution in [0.2, 0.25) is 0 Å². The molecule has 4 rings (SSSR count). The summed E-state index contributed by atoms with van der Waals surface area (Å²) < 4.78 is 4.35. The minimum Gasteiger partial charge on any atom is -0.348 e. The molecule has 1 fully saturated rings. The molecule has 1 amide bonds. The van der Waals surface area contributed by atoms with Crippen molar-refractivity contribution >= 4 is 21.8 Å². The number of benzene rings is 2. The summed E-state index contributed by atoms with van der Waals surface area (Å²) in [6.45, 7) is 4.00. The molecular formula is C23H24BrN3O2. The summed E-state index contributed by atoms with van der Waals surface area (Å²) in [4.78, 5) is 25.6. The van der Waals surface area contributed by atoms with E-state index < -0.39 is 0 Å². The molecule has 0 spiro atoms. The van der Waals surface area contributed by atoms with E-state index in [-0.39, 0.29) is 30.2 Å². The first-order valence-corrected chi connectivity index (χ1v) is 10.6. The zero-order valence-corrected chi connectivity index (χ0v) is 18.1. The molecule has 0 bridgehead atoms. The number of halogens is 1. The van der Waals surface area contributed by atoms with Crippen LogP contribution in [0.25, 0.3) is 11.3 Å².